The van der Waals surface area contributed by atoms with E-state index in [2.05, 4.69) is 0 Å². The summed E-state index contributed by atoms with van der Waals surface area (Å²) in [5.41, 5.74) is 0.0964. The first kappa shape index (κ1) is 15.3. The van der Waals surface area contributed by atoms with Gasteiger partial charge in [-0.05, 0) is 6.07 Å². The molecule has 0 atom stereocenters. The molecule has 112 valence electrons. The van der Waals surface area contributed by atoms with E-state index in [9.17, 15) is 23.6 Å². The van der Waals surface area contributed by atoms with Crippen LogP contribution in [0.5, 0.6) is 11.5 Å². The molecule has 0 unspecified atom stereocenters. The van der Waals surface area contributed by atoms with E-state index in [1.807, 2.05) is 0 Å². The second-order valence-corrected chi connectivity index (χ2v) is 5.65. The van der Waals surface area contributed by atoms with Gasteiger partial charge in [0.1, 0.15) is 11.5 Å². The number of ketones is 1. The third kappa shape index (κ3) is 3.17. The number of benzene rings is 2. The van der Waals surface area contributed by atoms with Gasteiger partial charge in [0, 0.05) is 11.6 Å². The largest absolute Gasteiger partial charge is 0.769 e. The summed E-state index contributed by atoms with van der Waals surface area (Å²) in [6.45, 7) is 0. The van der Waals surface area contributed by atoms with E-state index < -0.39 is 27.3 Å². The monoisotopic (exact) mass is 309 g/mol. The van der Waals surface area contributed by atoms with Gasteiger partial charge in [-0.2, -0.15) is 0 Å². The minimum atomic E-state index is -4.34. The molecule has 0 radical (unpaired) electrons. The molecule has 0 saturated heterocycles. The zero-order valence-electron chi connectivity index (χ0n) is 11.0. The zero-order chi connectivity index (χ0) is 15.6. The molecule has 6 nitrogen and oxygen atoms in total. The van der Waals surface area contributed by atoms with Gasteiger partial charge >= 0.3 is 0 Å². The van der Waals surface area contributed by atoms with Crippen LogP contribution in [0, 0.1) is 0 Å². The molecule has 0 aromatic heterocycles. The number of aromatic hydroxyl groups is 1. The lowest BCUT2D eigenvalue weighted by molar-refractivity contribution is 0.103. The first-order valence-corrected chi connectivity index (χ1v) is 7.31. The Kier molecular flexibility index (Phi) is 4.19. The van der Waals surface area contributed by atoms with Gasteiger partial charge in [-0.25, -0.2) is 0 Å². The van der Waals surface area contributed by atoms with Gasteiger partial charge in [-0.15, -0.1) is 0 Å². The summed E-state index contributed by atoms with van der Waals surface area (Å²) in [4.78, 5) is 11.8. The van der Waals surface area contributed by atoms with Gasteiger partial charge in [0.15, 0.2) is 5.78 Å². The second kappa shape index (κ2) is 5.74. The van der Waals surface area contributed by atoms with E-state index in [0.717, 1.165) is 12.1 Å². The average Bonchev–Trinajstić information content (AvgIpc) is 2.45. The highest BCUT2D eigenvalue weighted by Crippen LogP contribution is 2.50. The summed E-state index contributed by atoms with van der Waals surface area (Å²) in [5.74, 6) is -1.14. The number of phenolic OH excluding ortho intramolecular Hbond substituents is 1. The highest BCUT2D eigenvalue weighted by molar-refractivity contribution is 8.19. The Bertz CT molecular complexity index is 663. The Morgan fingerprint density at radius 2 is 1.81 bits per heavy atom. The summed E-state index contributed by atoms with van der Waals surface area (Å²) in [6, 6.07) is 10.1. The lowest BCUT2D eigenvalue weighted by Crippen LogP contribution is -2.06. The highest BCUT2D eigenvalue weighted by atomic mass is 32.3. The van der Waals surface area contributed by atoms with Crippen LogP contribution in [0.2, 0.25) is 0 Å². The minimum absolute atomic E-state index is 0.188. The molecule has 0 amide bonds. The number of carbonyl (C=O) groups excluding carboxylic acids is 1. The number of methoxy groups -OCH3 is 1. The van der Waals surface area contributed by atoms with Crippen molar-refractivity contribution in [2.24, 2.45) is 0 Å². The van der Waals surface area contributed by atoms with E-state index in [-0.39, 0.29) is 11.3 Å². The van der Waals surface area contributed by atoms with E-state index in [1.54, 1.807) is 30.3 Å². The van der Waals surface area contributed by atoms with Gasteiger partial charge in [0.05, 0.1) is 17.6 Å². The van der Waals surface area contributed by atoms with Crippen LogP contribution in [0.4, 0.5) is 0 Å². The fourth-order valence-corrected chi connectivity index (χ4v) is 2.52. The van der Waals surface area contributed by atoms with Crippen LogP contribution in [0.1, 0.15) is 15.9 Å². The van der Waals surface area contributed by atoms with Crippen molar-refractivity contribution < 1.29 is 28.3 Å². The van der Waals surface area contributed by atoms with Crippen LogP contribution in [0.25, 0.3) is 0 Å². The maximum atomic E-state index is 12.3. The van der Waals surface area contributed by atoms with Crippen LogP contribution in [0.3, 0.4) is 0 Å². The number of hydrogen-bond donors (Lipinski definition) is 3. The first-order valence-electron chi connectivity index (χ1n) is 5.84. The maximum Gasteiger partial charge on any atom is 0.196 e. The van der Waals surface area contributed by atoms with E-state index >= 15 is 0 Å². The van der Waals surface area contributed by atoms with E-state index in [1.165, 1.54) is 7.11 Å². The first-order chi connectivity index (χ1) is 9.84. The fourth-order valence-electron chi connectivity index (χ4n) is 1.84. The molecule has 2 aromatic carbocycles. The van der Waals surface area contributed by atoms with Gasteiger partial charge < -0.3 is 23.5 Å². The normalized spacial score (nSPS) is 12.0. The van der Waals surface area contributed by atoms with Crippen molar-refractivity contribution in [1.29, 1.82) is 0 Å². The lowest BCUT2D eigenvalue weighted by atomic mass is 10.0. The average molecular weight is 309 g/mol. The molecule has 0 saturated carbocycles. The highest BCUT2D eigenvalue weighted by Gasteiger charge is 2.21. The molecule has 0 bridgehead atoms. The Morgan fingerprint density at radius 3 is 2.33 bits per heavy atom. The summed E-state index contributed by atoms with van der Waals surface area (Å²) >= 11 is 0. The summed E-state index contributed by atoms with van der Waals surface area (Å²) in [6.07, 6.45) is 0. The smallest absolute Gasteiger partial charge is 0.196 e. The Morgan fingerprint density at radius 1 is 1.19 bits per heavy atom. The minimum Gasteiger partial charge on any atom is -0.769 e. The van der Waals surface area contributed by atoms with Crippen molar-refractivity contribution in [1.82, 2.24) is 0 Å². The Labute approximate surface area is 122 Å². The lowest BCUT2D eigenvalue weighted by Gasteiger charge is -2.34. The topological polar surface area (TPSA) is 110 Å². The van der Waals surface area contributed by atoms with Crippen LogP contribution in [0.15, 0.2) is 47.4 Å². The standard InChI is InChI=1S/C14H14O6S/c1-20-12-8-11(15)10(7-13(12)21(17,18)19)14(16)9-5-3-2-4-6-9/h2-8,15,17-19H,1H3/p-1. The van der Waals surface area contributed by atoms with Crippen LogP contribution < -0.4 is 4.74 Å². The van der Waals surface area contributed by atoms with E-state index in [0.29, 0.717) is 5.56 Å². The van der Waals surface area contributed by atoms with E-state index in [4.69, 9.17) is 4.74 Å². The summed E-state index contributed by atoms with van der Waals surface area (Å²) < 4.78 is 34.8. The molecule has 0 aliphatic heterocycles. The third-order valence-corrected chi connectivity index (χ3v) is 3.74. The van der Waals surface area contributed by atoms with Gasteiger partial charge in [-0.1, -0.05) is 41.2 Å². The molecule has 21 heavy (non-hydrogen) atoms. The number of phenols is 1. The predicted molar refractivity (Wildman–Crippen MR) is 76.4 cm³/mol. The molecule has 7 heteroatoms. The van der Waals surface area contributed by atoms with Gasteiger partial charge in [0.2, 0.25) is 0 Å². The summed E-state index contributed by atoms with van der Waals surface area (Å²) in [5, 5.41) is 9.89. The second-order valence-electron chi connectivity index (χ2n) is 4.21. The van der Waals surface area contributed by atoms with Crippen molar-refractivity contribution in [3.63, 3.8) is 0 Å². The number of carbonyl (C=O) groups is 1. The molecule has 3 N–H and O–H groups in total. The van der Waals surface area contributed by atoms with Gasteiger partial charge in [-0.3, -0.25) is 4.79 Å². The van der Waals surface area contributed by atoms with Gasteiger partial charge in [0.25, 0.3) is 0 Å². The molecule has 0 heterocycles. The van der Waals surface area contributed by atoms with Crippen LogP contribution in [-0.2, 0) is 0 Å². The van der Waals surface area contributed by atoms with Crippen LogP contribution in [-0.4, -0.2) is 31.7 Å². The van der Waals surface area contributed by atoms with Crippen molar-refractivity contribution in [3.05, 3.63) is 53.6 Å². The summed E-state index contributed by atoms with van der Waals surface area (Å²) in [7, 11) is -3.13. The molecule has 2 aromatic rings. The zero-order valence-corrected chi connectivity index (χ0v) is 11.8. The predicted octanol–water partition coefficient (Wildman–Crippen LogP) is 2.87. The maximum absolute atomic E-state index is 12.3. The molecule has 0 fully saturated rings. The number of rotatable bonds is 4. The molecule has 0 aliphatic carbocycles. The molecule has 2 rings (SSSR count). The fraction of sp³-hybridized carbons (Fsp3) is 0.0714. The van der Waals surface area contributed by atoms with Crippen molar-refractivity contribution in [2.75, 3.05) is 7.11 Å². The quantitative estimate of drug-likeness (QED) is 0.749. The number of ether oxygens (including phenoxy) is 1. The molecular formula is C14H13O6S-. The molecule has 0 aliphatic rings. The molecule has 0 spiro atoms. The van der Waals surface area contributed by atoms with Crippen molar-refractivity contribution in [2.45, 2.75) is 4.90 Å². The van der Waals surface area contributed by atoms with Crippen LogP contribution >= 0.6 is 10.9 Å². The Balaban J connectivity index is 2.57. The SMILES string of the molecule is COc1cc(O)c(C(=O)c2ccccc2)cc1S([O-])(O)O. The Hall–Kier alpha value is -2.06. The third-order valence-electron chi connectivity index (χ3n) is 2.85. The van der Waals surface area contributed by atoms with Crippen molar-refractivity contribution >= 4 is 16.7 Å². The number of hydrogen-bond acceptors (Lipinski definition) is 6. The molecular weight excluding hydrogens is 296 g/mol. The van der Waals surface area contributed by atoms with Crippen molar-refractivity contribution in [3.8, 4) is 11.5 Å².